The topological polar surface area (TPSA) is 29.1 Å². The average Bonchev–Trinajstić information content (AvgIpc) is 2.90. The van der Waals surface area contributed by atoms with Gasteiger partial charge in [-0.3, -0.25) is 4.79 Å². The second-order valence-corrected chi connectivity index (χ2v) is 5.82. The number of rotatable bonds is 4. The van der Waals surface area contributed by atoms with Crippen molar-refractivity contribution in [2.45, 2.75) is 24.8 Å². The second kappa shape index (κ2) is 5.13. The highest BCUT2D eigenvalue weighted by molar-refractivity contribution is 7.10. The third-order valence-corrected chi connectivity index (χ3v) is 4.30. The first-order valence-electron chi connectivity index (χ1n) is 6.29. The third-order valence-electron chi connectivity index (χ3n) is 3.30. The molecule has 1 saturated carbocycles. The van der Waals surface area contributed by atoms with Crippen molar-refractivity contribution in [2.24, 2.45) is 0 Å². The summed E-state index contributed by atoms with van der Waals surface area (Å²) in [4.78, 5) is 13.2. The summed E-state index contributed by atoms with van der Waals surface area (Å²) in [5.74, 6) is 0.138. The van der Waals surface area contributed by atoms with Gasteiger partial charge in [-0.05, 0) is 35.6 Å². The first-order chi connectivity index (χ1) is 9.22. The molecule has 19 heavy (non-hydrogen) atoms. The zero-order chi connectivity index (χ0) is 13.2. The van der Waals surface area contributed by atoms with E-state index in [1.807, 2.05) is 6.07 Å². The summed E-state index contributed by atoms with van der Waals surface area (Å²) in [6, 6.07) is 10.6. The molecule has 1 aromatic heterocycles. The van der Waals surface area contributed by atoms with Gasteiger partial charge in [-0.25, -0.2) is 4.39 Å². The Hall–Kier alpha value is -1.68. The van der Waals surface area contributed by atoms with Crippen LogP contribution in [-0.4, -0.2) is 11.9 Å². The summed E-state index contributed by atoms with van der Waals surface area (Å²) in [7, 11) is 0. The minimum atomic E-state index is -0.298. The summed E-state index contributed by atoms with van der Waals surface area (Å²) in [6.45, 7) is 0. The molecule has 1 N–H and O–H groups in total. The quantitative estimate of drug-likeness (QED) is 0.912. The van der Waals surface area contributed by atoms with Crippen molar-refractivity contribution in [1.82, 2.24) is 5.32 Å². The molecule has 0 radical (unpaired) electrons. The second-order valence-electron chi connectivity index (χ2n) is 4.84. The highest BCUT2D eigenvalue weighted by Gasteiger charge is 2.39. The fourth-order valence-corrected chi connectivity index (χ4v) is 3.17. The van der Waals surface area contributed by atoms with Gasteiger partial charge in [0.15, 0.2) is 0 Å². The summed E-state index contributed by atoms with van der Waals surface area (Å²) in [5.41, 5.74) is 0.714. The van der Waals surface area contributed by atoms with Gasteiger partial charge in [0.1, 0.15) is 5.82 Å². The van der Waals surface area contributed by atoms with Crippen LogP contribution >= 0.6 is 11.3 Å². The number of halogens is 1. The first-order valence-corrected chi connectivity index (χ1v) is 7.17. The predicted molar refractivity (Wildman–Crippen MR) is 73.7 cm³/mol. The molecule has 98 valence electrons. The molecule has 4 heteroatoms. The van der Waals surface area contributed by atoms with Gasteiger partial charge in [-0.15, -0.1) is 11.3 Å². The largest absolute Gasteiger partial charge is 0.352 e. The molecule has 1 aliphatic carbocycles. The molecule has 0 bridgehead atoms. The van der Waals surface area contributed by atoms with E-state index in [-0.39, 0.29) is 24.2 Å². The zero-order valence-corrected chi connectivity index (χ0v) is 11.1. The van der Waals surface area contributed by atoms with Crippen LogP contribution in [0.5, 0.6) is 0 Å². The van der Waals surface area contributed by atoms with E-state index in [0.717, 1.165) is 6.42 Å². The van der Waals surface area contributed by atoms with Crippen LogP contribution in [0.25, 0.3) is 0 Å². The van der Waals surface area contributed by atoms with E-state index in [4.69, 9.17) is 0 Å². The minimum absolute atomic E-state index is 0.0327. The van der Waals surface area contributed by atoms with Crippen molar-refractivity contribution in [1.29, 1.82) is 0 Å². The SMILES string of the molecule is O=C(Cc1cccc(F)c1)NC1CC1c1cccs1. The van der Waals surface area contributed by atoms with Crippen molar-refractivity contribution in [2.75, 3.05) is 0 Å². The van der Waals surface area contributed by atoms with Gasteiger partial charge in [0.25, 0.3) is 0 Å². The van der Waals surface area contributed by atoms with Crippen LogP contribution in [-0.2, 0) is 11.2 Å². The van der Waals surface area contributed by atoms with Crippen LogP contribution in [0.4, 0.5) is 4.39 Å². The third kappa shape index (κ3) is 3.01. The lowest BCUT2D eigenvalue weighted by molar-refractivity contribution is -0.120. The molecule has 0 spiro atoms. The van der Waals surface area contributed by atoms with Gasteiger partial charge in [-0.1, -0.05) is 18.2 Å². The molecular weight excluding hydrogens is 261 g/mol. The Labute approximate surface area is 115 Å². The van der Waals surface area contributed by atoms with Gasteiger partial charge in [-0.2, -0.15) is 0 Å². The molecule has 1 fully saturated rings. The molecule has 2 nitrogen and oxygen atoms in total. The summed E-state index contributed by atoms with van der Waals surface area (Å²) < 4.78 is 13.0. The lowest BCUT2D eigenvalue weighted by atomic mass is 10.1. The molecule has 2 atom stereocenters. The van der Waals surface area contributed by atoms with E-state index in [2.05, 4.69) is 16.8 Å². The monoisotopic (exact) mass is 275 g/mol. The lowest BCUT2D eigenvalue weighted by Gasteiger charge is -2.04. The fourth-order valence-electron chi connectivity index (χ4n) is 2.26. The highest BCUT2D eigenvalue weighted by atomic mass is 32.1. The number of benzene rings is 1. The van der Waals surface area contributed by atoms with Crippen LogP contribution in [0.3, 0.4) is 0 Å². The number of nitrogens with one attached hydrogen (secondary N) is 1. The van der Waals surface area contributed by atoms with Crippen LogP contribution in [0.2, 0.25) is 0 Å². The number of carbonyl (C=O) groups is 1. The van der Waals surface area contributed by atoms with Crippen LogP contribution < -0.4 is 5.32 Å². The van der Waals surface area contributed by atoms with Crippen molar-refractivity contribution in [3.63, 3.8) is 0 Å². The molecule has 2 aromatic rings. The number of hydrogen-bond donors (Lipinski definition) is 1. The molecule has 1 amide bonds. The van der Waals surface area contributed by atoms with E-state index in [9.17, 15) is 9.18 Å². The maximum Gasteiger partial charge on any atom is 0.224 e. The van der Waals surface area contributed by atoms with E-state index >= 15 is 0 Å². The molecule has 3 rings (SSSR count). The van der Waals surface area contributed by atoms with Gasteiger partial charge in [0.2, 0.25) is 5.91 Å². The Bertz CT molecular complexity index is 582. The van der Waals surface area contributed by atoms with E-state index in [0.29, 0.717) is 11.5 Å². The highest BCUT2D eigenvalue weighted by Crippen LogP contribution is 2.42. The summed E-state index contributed by atoms with van der Waals surface area (Å²) in [6.07, 6.45) is 1.25. The Morgan fingerprint density at radius 3 is 3.00 bits per heavy atom. The van der Waals surface area contributed by atoms with Crippen LogP contribution in [0.1, 0.15) is 22.8 Å². The van der Waals surface area contributed by atoms with Crippen molar-refractivity contribution in [3.05, 3.63) is 58.0 Å². The van der Waals surface area contributed by atoms with Crippen molar-refractivity contribution in [3.8, 4) is 0 Å². The first kappa shape index (κ1) is 12.4. The zero-order valence-electron chi connectivity index (χ0n) is 10.3. The van der Waals surface area contributed by atoms with E-state index < -0.39 is 0 Å². The Morgan fingerprint density at radius 1 is 1.37 bits per heavy atom. The standard InChI is InChI=1S/C15H14FNOS/c16-11-4-1-3-10(7-11)8-15(18)17-13-9-12(13)14-5-2-6-19-14/h1-7,12-13H,8-9H2,(H,17,18). The molecule has 2 unspecified atom stereocenters. The van der Waals surface area contributed by atoms with Gasteiger partial charge >= 0.3 is 0 Å². The maximum atomic E-state index is 13.0. The van der Waals surface area contributed by atoms with E-state index in [1.54, 1.807) is 23.5 Å². The van der Waals surface area contributed by atoms with E-state index in [1.165, 1.54) is 17.0 Å². The number of thiophene rings is 1. The average molecular weight is 275 g/mol. The van der Waals surface area contributed by atoms with Gasteiger partial charge in [0.05, 0.1) is 6.42 Å². The predicted octanol–water partition coefficient (Wildman–Crippen LogP) is 3.10. The Morgan fingerprint density at radius 2 is 2.26 bits per heavy atom. The molecule has 0 aliphatic heterocycles. The normalized spacial score (nSPS) is 21.1. The molecule has 1 aromatic carbocycles. The molecular formula is C15H14FNOS. The van der Waals surface area contributed by atoms with Crippen molar-refractivity contribution < 1.29 is 9.18 Å². The number of hydrogen-bond acceptors (Lipinski definition) is 2. The molecule has 0 saturated heterocycles. The fraction of sp³-hybridized carbons (Fsp3) is 0.267. The van der Waals surface area contributed by atoms with Crippen molar-refractivity contribution >= 4 is 17.2 Å². The Balaban J connectivity index is 1.53. The Kier molecular flexibility index (Phi) is 3.34. The van der Waals surface area contributed by atoms with Gasteiger partial charge in [0, 0.05) is 16.8 Å². The number of carbonyl (C=O) groups excluding carboxylic acids is 1. The number of amides is 1. The summed E-state index contributed by atoms with van der Waals surface area (Å²) in [5, 5.41) is 5.06. The van der Waals surface area contributed by atoms with Crippen LogP contribution in [0, 0.1) is 5.82 Å². The lowest BCUT2D eigenvalue weighted by Crippen LogP contribution is -2.28. The van der Waals surface area contributed by atoms with Crippen LogP contribution in [0.15, 0.2) is 41.8 Å². The molecule has 1 aliphatic rings. The molecule has 1 heterocycles. The summed E-state index contributed by atoms with van der Waals surface area (Å²) >= 11 is 1.73. The minimum Gasteiger partial charge on any atom is -0.352 e. The maximum absolute atomic E-state index is 13.0. The smallest absolute Gasteiger partial charge is 0.224 e. The van der Waals surface area contributed by atoms with Gasteiger partial charge < -0.3 is 5.32 Å².